The quantitative estimate of drug-likeness (QED) is 0.719. The SMILES string of the molecule is CCC(C)NCc1cnnn1C. The summed E-state index contributed by atoms with van der Waals surface area (Å²) in [5, 5.41) is 11.0. The fourth-order valence-corrected chi connectivity index (χ4v) is 0.894. The van der Waals surface area contributed by atoms with Gasteiger partial charge in [-0.1, -0.05) is 12.1 Å². The van der Waals surface area contributed by atoms with E-state index in [0.717, 1.165) is 18.7 Å². The molecular weight excluding hydrogens is 152 g/mol. The van der Waals surface area contributed by atoms with Crippen molar-refractivity contribution < 1.29 is 0 Å². The van der Waals surface area contributed by atoms with Crippen molar-refractivity contribution in [2.75, 3.05) is 0 Å². The van der Waals surface area contributed by atoms with Crippen molar-refractivity contribution in [2.24, 2.45) is 7.05 Å². The van der Waals surface area contributed by atoms with Crippen molar-refractivity contribution in [1.29, 1.82) is 0 Å². The lowest BCUT2D eigenvalue weighted by Gasteiger charge is -2.10. The minimum atomic E-state index is 0.555. The van der Waals surface area contributed by atoms with Crippen LogP contribution in [0.1, 0.15) is 26.0 Å². The standard InChI is InChI=1S/C8H16N4/c1-4-7(2)9-5-8-6-10-11-12(8)3/h6-7,9H,4-5H2,1-3H3. The summed E-state index contributed by atoms with van der Waals surface area (Å²) in [5.41, 5.74) is 1.12. The van der Waals surface area contributed by atoms with E-state index >= 15 is 0 Å². The van der Waals surface area contributed by atoms with Crippen molar-refractivity contribution in [1.82, 2.24) is 20.3 Å². The molecule has 0 saturated heterocycles. The second kappa shape index (κ2) is 4.21. The Labute approximate surface area is 73.0 Å². The van der Waals surface area contributed by atoms with E-state index in [4.69, 9.17) is 0 Å². The van der Waals surface area contributed by atoms with Crippen LogP contribution in [0.3, 0.4) is 0 Å². The van der Waals surface area contributed by atoms with E-state index < -0.39 is 0 Å². The third-order valence-electron chi connectivity index (χ3n) is 2.05. The molecule has 1 unspecified atom stereocenters. The van der Waals surface area contributed by atoms with Crippen molar-refractivity contribution in [3.63, 3.8) is 0 Å². The first-order chi connectivity index (χ1) is 5.74. The van der Waals surface area contributed by atoms with E-state index in [1.165, 1.54) is 0 Å². The molecule has 1 aromatic heterocycles. The Morgan fingerprint density at radius 1 is 1.67 bits per heavy atom. The highest BCUT2D eigenvalue weighted by Gasteiger charge is 2.01. The molecule has 68 valence electrons. The second-order valence-corrected chi connectivity index (χ2v) is 3.04. The summed E-state index contributed by atoms with van der Waals surface area (Å²) >= 11 is 0. The summed E-state index contributed by atoms with van der Waals surface area (Å²) in [7, 11) is 1.90. The number of nitrogens with zero attached hydrogens (tertiary/aromatic N) is 3. The van der Waals surface area contributed by atoms with Gasteiger partial charge in [-0.2, -0.15) is 0 Å². The van der Waals surface area contributed by atoms with Crippen LogP contribution < -0.4 is 5.32 Å². The molecular formula is C8H16N4. The molecule has 1 atom stereocenters. The van der Waals surface area contributed by atoms with Gasteiger partial charge in [-0.25, -0.2) is 0 Å². The third kappa shape index (κ3) is 2.30. The lowest BCUT2D eigenvalue weighted by molar-refractivity contribution is 0.515. The van der Waals surface area contributed by atoms with Gasteiger partial charge in [0.1, 0.15) is 0 Å². The van der Waals surface area contributed by atoms with Crippen LogP contribution in [0.25, 0.3) is 0 Å². The molecule has 0 aliphatic heterocycles. The average Bonchev–Trinajstić information content (AvgIpc) is 2.47. The molecule has 1 aromatic rings. The second-order valence-electron chi connectivity index (χ2n) is 3.04. The summed E-state index contributed by atoms with van der Waals surface area (Å²) in [5.74, 6) is 0. The van der Waals surface area contributed by atoms with Gasteiger partial charge in [0.2, 0.25) is 0 Å². The Kier molecular flexibility index (Phi) is 3.22. The Hall–Kier alpha value is -0.900. The maximum atomic E-state index is 3.85. The molecule has 0 aromatic carbocycles. The lowest BCUT2D eigenvalue weighted by atomic mass is 10.2. The smallest absolute Gasteiger partial charge is 0.0738 e. The van der Waals surface area contributed by atoms with Crippen LogP contribution in [0.5, 0.6) is 0 Å². The summed E-state index contributed by atoms with van der Waals surface area (Å²) in [6.07, 6.45) is 2.93. The highest BCUT2D eigenvalue weighted by molar-refractivity contribution is 4.92. The molecule has 0 fully saturated rings. The molecule has 4 nitrogen and oxygen atoms in total. The van der Waals surface area contributed by atoms with E-state index in [-0.39, 0.29) is 0 Å². The maximum absolute atomic E-state index is 3.85. The predicted molar refractivity (Wildman–Crippen MR) is 47.6 cm³/mol. The molecule has 0 saturated carbocycles. The molecule has 0 spiro atoms. The largest absolute Gasteiger partial charge is 0.309 e. The molecule has 0 radical (unpaired) electrons. The fraction of sp³-hybridized carbons (Fsp3) is 0.750. The lowest BCUT2D eigenvalue weighted by Crippen LogP contribution is -2.25. The summed E-state index contributed by atoms with van der Waals surface area (Å²) < 4.78 is 1.79. The first-order valence-corrected chi connectivity index (χ1v) is 4.31. The van der Waals surface area contributed by atoms with Gasteiger partial charge in [0.15, 0.2) is 0 Å². The minimum Gasteiger partial charge on any atom is -0.309 e. The van der Waals surface area contributed by atoms with Gasteiger partial charge >= 0.3 is 0 Å². The molecule has 12 heavy (non-hydrogen) atoms. The summed E-state index contributed by atoms with van der Waals surface area (Å²) in [6.45, 7) is 5.18. The van der Waals surface area contributed by atoms with Gasteiger partial charge in [-0.3, -0.25) is 4.68 Å². The van der Waals surface area contributed by atoms with Crippen molar-refractivity contribution >= 4 is 0 Å². The highest BCUT2D eigenvalue weighted by Crippen LogP contribution is 1.95. The molecule has 0 bridgehead atoms. The number of aryl methyl sites for hydroxylation is 1. The van der Waals surface area contributed by atoms with E-state index in [2.05, 4.69) is 29.5 Å². The molecule has 1 heterocycles. The molecule has 1 N–H and O–H groups in total. The molecule has 0 aliphatic carbocycles. The minimum absolute atomic E-state index is 0.555. The van der Waals surface area contributed by atoms with Crippen molar-refractivity contribution in [3.8, 4) is 0 Å². The van der Waals surface area contributed by atoms with Gasteiger partial charge in [0.25, 0.3) is 0 Å². The van der Waals surface area contributed by atoms with Gasteiger partial charge < -0.3 is 5.32 Å². The van der Waals surface area contributed by atoms with Crippen LogP contribution in [-0.2, 0) is 13.6 Å². The van der Waals surface area contributed by atoms with E-state index in [1.807, 2.05) is 7.05 Å². The summed E-state index contributed by atoms with van der Waals surface area (Å²) in [6, 6.07) is 0.555. The monoisotopic (exact) mass is 168 g/mol. The van der Waals surface area contributed by atoms with Crippen LogP contribution in [0.15, 0.2) is 6.20 Å². The first-order valence-electron chi connectivity index (χ1n) is 4.31. The van der Waals surface area contributed by atoms with E-state index in [0.29, 0.717) is 6.04 Å². The number of hydrogen-bond acceptors (Lipinski definition) is 3. The zero-order valence-electron chi connectivity index (χ0n) is 7.91. The number of rotatable bonds is 4. The molecule has 0 amide bonds. The van der Waals surface area contributed by atoms with Gasteiger partial charge in [0.05, 0.1) is 11.9 Å². The first kappa shape index (κ1) is 9.19. The summed E-state index contributed by atoms with van der Waals surface area (Å²) in [4.78, 5) is 0. The topological polar surface area (TPSA) is 42.7 Å². The maximum Gasteiger partial charge on any atom is 0.0738 e. The number of hydrogen-bond donors (Lipinski definition) is 1. The van der Waals surface area contributed by atoms with Crippen LogP contribution >= 0.6 is 0 Å². The van der Waals surface area contributed by atoms with Crippen LogP contribution in [0.2, 0.25) is 0 Å². The molecule has 0 aliphatic rings. The third-order valence-corrected chi connectivity index (χ3v) is 2.05. The molecule has 1 rings (SSSR count). The fourth-order valence-electron chi connectivity index (χ4n) is 0.894. The van der Waals surface area contributed by atoms with Crippen LogP contribution in [0.4, 0.5) is 0 Å². The Morgan fingerprint density at radius 3 is 2.92 bits per heavy atom. The Morgan fingerprint density at radius 2 is 2.42 bits per heavy atom. The molecule has 4 heteroatoms. The number of aromatic nitrogens is 3. The van der Waals surface area contributed by atoms with E-state index in [1.54, 1.807) is 10.9 Å². The Balaban J connectivity index is 2.38. The van der Waals surface area contributed by atoms with E-state index in [9.17, 15) is 0 Å². The predicted octanol–water partition coefficient (Wildman–Crippen LogP) is 0.703. The Bertz CT molecular complexity index is 231. The zero-order chi connectivity index (χ0) is 8.97. The normalized spacial score (nSPS) is 13.2. The van der Waals surface area contributed by atoms with Gasteiger partial charge in [-0.15, -0.1) is 5.10 Å². The van der Waals surface area contributed by atoms with Crippen LogP contribution in [0, 0.1) is 0 Å². The van der Waals surface area contributed by atoms with Gasteiger partial charge in [0, 0.05) is 19.6 Å². The highest BCUT2D eigenvalue weighted by atomic mass is 15.4. The van der Waals surface area contributed by atoms with Crippen LogP contribution in [-0.4, -0.2) is 21.0 Å². The van der Waals surface area contributed by atoms with Gasteiger partial charge in [-0.05, 0) is 13.3 Å². The van der Waals surface area contributed by atoms with Crippen molar-refractivity contribution in [3.05, 3.63) is 11.9 Å². The average molecular weight is 168 g/mol. The van der Waals surface area contributed by atoms with Crippen molar-refractivity contribution in [2.45, 2.75) is 32.9 Å². The number of nitrogens with one attached hydrogen (secondary N) is 1. The zero-order valence-corrected chi connectivity index (χ0v) is 7.91.